The minimum atomic E-state index is -1.41. The summed E-state index contributed by atoms with van der Waals surface area (Å²) in [6.45, 7) is 0. The molecule has 0 radical (unpaired) electrons. The first-order chi connectivity index (χ1) is 7.77. The van der Waals surface area contributed by atoms with Gasteiger partial charge in [0.1, 0.15) is 0 Å². The molecule has 56 valence electrons. The van der Waals surface area contributed by atoms with Crippen LogP contribution in [-0.2, 0) is 4.79 Å². The van der Waals surface area contributed by atoms with Gasteiger partial charge in [-0.05, 0) is 11.6 Å². The molecule has 11 heavy (non-hydrogen) atoms. The first-order valence-electron chi connectivity index (χ1n) is 5.76. The van der Waals surface area contributed by atoms with Gasteiger partial charge >= 0.3 is 5.97 Å². The zero-order chi connectivity index (χ0) is 13.3. The molecule has 2 nitrogen and oxygen atoms in total. The van der Waals surface area contributed by atoms with Crippen LogP contribution in [0.4, 0.5) is 0 Å². The molecule has 0 heterocycles. The Bertz CT molecular complexity index is 494. The number of carboxylic acids is 1. The van der Waals surface area contributed by atoms with Crippen molar-refractivity contribution in [3.05, 3.63) is 41.9 Å². The fourth-order valence-electron chi connectivity index (χ4n) is 0.456. The molecule has 0 aliphatic heterocycles. The minimum absolute atomic E-state index is 0.418. The van der Waals surface area contributed by atoms with Gasteiger partial charge in [-0.3, -0.25) is 0 Å². The van der Waals surface area contributed by atoms with Crippen LogP contribution in [-0.4, -0.2) is 11.1 Å². The third-order valence-electron chi connectivity index (χ3n) is 0.840. The summed E-state index contributed by atoms with van der Waals surface area (Å²) >= 11 is 0. The molecule has 1 aromatic carbocycles. The molecule has 0 bridgehead atoms. The molecular formula is C9H8O2. The van der Waals surface area contributed by atoms with Crippen LogP contribution in [0.25, 0.3) is 6.05 Å². The third-order valence-corrected chi connectivity index (χ3v) is 0.840. The number of hydrogen-bond donors (Lipinski definition) is 1. The molecule has 0 saturated carbocycles. The molecule has 0 aliphatic carbocycles. The Kier molecular flexibility index (Phi) is 0.911. The van der Waals surface area contributed by atoms with E-state index in [0.717, 1.165) is 0 Å². The number of hydrogen-bond acceptors (Lipinski definition) is 1. The Hall–Kier alpha value is -1.57. The monoisotopic (exact) mass is 154 g/mol. The van der Waals surface area contributed by atoms with Crippen molar-refractivity contribution in [1.82, 2.24) is 0 Å². The van der Waals surface area contributed by atoms with Crippen molar-refractivity contribution in [1.29, 1.82) is 0 Å². The number of aliphatic carboxylic acids is 1. The standard InChI is InChI=1S/C9H8O2/c10-9(11)7-6-8-4-2-1-3-5-8/h1-7H,(H,10,11)/b7-6+/i1D,2D,3D,4D,5D,6D. The van der Waals surface area contributed by atoms with Gasteiger partial charge in [0.25, 0.3) is 0 Å². The van der Waals surface area contributed by atoms with Crippen LogP contribution in [0.2, 0.25) is 0 Å². The van der Waals surface area contributed by atoms with Gasteiger partial charge in [-0.1, -0.05) is 30.2 Å². The number of rotatable bonds is 2. The van der Waals surface area contributed by atoms with Crippen molar-refractivity contribution in [3.8, 4) is 0 Å². The van der Waals surface area contributed by atoms with Gasteiger partial charge in [0, 0.05) is 6.08 Å². The Morgan fingerprint density at radius 2 is 2.18 bits per heavy atom. The molecule has 0 aliphatic rings. The molecule has 0 saturated heterocycles. The van der Waals surface area contributed by atoms with E-state index in [1.165, 1.54) is 0 Å². The summed E-state index contributed by atoms with van der Waals surface area (Å²) in [4.78, 5) is 10.4. The highest BCUT2D eigenvalue weighted by Gasteiger charge is 1.85. The molecule has 0 unspecified atom stereocenters. The lowest BCUT2D eigenvalue weighted by Crippen LogP contribution is -1.85. The maximum absolute atomic E-state index is 10.4. The Balaban J connectivity index is 3.61. The van der Waals surface area contributed by atoms with Gasteiger partial charge in [0.15, 0.2) is 0 Å². The number of carbonyl (C=O) groups is 1. The van der Waals surface area contributed by atoms with Crippen LogP contribution in [0.3, 0.4) is 0 Å². The SMILES string of the molecule is [2H]/C(=C\C(=O)O)c1c([2H])c([2H])c([2H])c([2H])c1[2H]. The van der Waals surface area contributed by atoms with Crippen molar-refractivity contribution in [3.63, 3.8) is 0 Å². The Morgan fingerprint density at radius 1 is 1.55 bits per heavy atom. The summed E-state index contributed by atoms with van der Waals surface area (Å²) in [5.41, 5.74) is -0.418. The molecular weight excluding hydrogens is 140 g/mol. The van der Waals surface area contributed by atoms with Crippen molar-refractivity contribution >= 4 is 12.0 Å². The highest BCUT2D eigenvalue weighted by Crippen LogP contribution is 1.99. The first kappa shape index (κ1) is 2.81. The van der Waals surface area contributed by atoms with Gasteiger partial charge in [-0.25, -0.2) is 4.79 Å². The lowest BCUT2D eigenvalue weighted by atomic mass is 10.2. The van der Waals surface area contributed by atoms with Crippen LogP contribution in [0.1, 0.15) is 13.8 Å². The highest BCUT2D eigenvalue weighted by atomic mass is 16.4. The second kappa shape index (κ2) is 3.56. The average Bonchev–Trinajstić information content (AvgIpc) is 2.23. The summed E-state index contributed by atoms with van der Waals surface area (Å²) in [5.74, 6) is -1.41. The smallest absolute Gasteiger partial charge is 0.328 e. The maximum atomic E-state index is 10.4. The fraction of sp³-hybridized carbons (Fsp3) is 0. The number of benzene rings is 1. The van der Waals surface area contributed by atoms with Crippen LogP contribution in [0.15, 0.2) is 36.3 Å². The zero-order valence-corrected chi connectivity index (χ0v) is 5.43. The van der Waals surface area contributed by atoms with E-state index in [-0.39, 0.29) is 0 Å². The van der Waals surface area contributed by atoms with Crippen LogP contribution in [0.5, 0.6) is 0 Å². The van der Waals surface area contributed by atoms with Gasteiger partial charge in [-0.15, -0.1) is 0 Å². The lowest BCUT2D eigenvalue weighted by Gasteiger charge is -1.87. The maximum Gasteiger partial charge on any atom is 0.328 e. The molecule has 0 fully saturated rings. The van der Waals surface area contributed by atoms with E-state index in [0.29, 0.717) is 6.08 Å². The minimum Gasteiger partial charge on any atom is -0.478 e. The van der Waals surface area contributed by atoms with E-state index in [9.17, 15) is 4.79 Å². The molecule has 0 aromatic heterocycles. The molecule has 2 heteroatoms. The Morgan fingerprint density at radius 3 is 2.73 bits per heavy atom. The summed E-state index contributed by atoms with van der Waals surface area (Å²) < 4.78 is 44.4. The molecule has 0 atom stereocenters. The molecule has 0 spiro atoms. The predicted molar refractivity (Wildman–Crippen MR) is 43.1 cm³/mol. The fourth-order valence-corrected chi connectivity index (χ4v) is 0.456. The largest absolute Gasteiger partial charge is 0.478 e. The van der Waals surface area contributed by atoms with E-state index in [1.807, 2.05) is 0 Å². The van der Waals surface area contributed by atoms with Crippen molar-refractivity contribution in [2.24, 2.45) is 0 Å². The van der Waals surface area contributed by atoms with Crippen molar-refractivity contribution < 1.29 is 18.1 Å². The second-order valence-corrected chi connectivity index (χ2v) is 1.63. The summed E-state index contributed by atoms with van der Waals surface area (Å²) in [6.07, 6.45) is 0.480. The van der Waals surface area contributed by atoms with E-state index in [4.69, 9.17) is 13.3 Å². The quantitative estimate of drug-likeness (QED) is 0.659. The molecule has 0 amide bonds. The lowest BCUT2D eigenvalue weighted by molar-refractivity contribution is -0.131. The topological polar surface area (TPSA) is 37.3 Å². The first-order valence-corrected chi connectivity index (χ1v) is 2.76. The predicted octanol–water partition coefficient (Wildman–Crippen LogP) is 1.78. The van der Waals surface area contributed by atoms with Crippen molar-refractivity contribution in [2.75, 3.05) is 0 Å². The zero-order valence-electron chi connectivity index (χ0n) is 11.4. The molecule has 1 aromatic rings. The van der Waals surface area contributed by atoms with E-state index >= 15 is 0 Å². The van der Waals surface area contributed by atoms with Crippen LogP contribution in [0, 0.1) is 0 Å². The summed E-state index contributed by atoms with van der Waals surface area (Å²) in [6, 6.07) is -3.56. The van der Waals surface area contributed by atoms with Gasteiger partial charge < -0.3 is 5.11 Å². The third kappa shape index (κ3) is 2.67. The number of carboxylic acid groups (broad SMARTS) is 1. The summed E-state index contributed by atoms with van der Waals surface area (Å²) in [7, 11) is 0. The molecule has 1 N–H and O–H groups in total. The van der Waals surface area contributed by atoms with Gasteiger partial charge in [0.05, 0.1) is 8.22 Å². The Labute approximate surface area is 73.2 Å². The van der Waals surface area contributed by atoms with Crippen LogP contribution < -0.4 is 0 Å². The van der Waals surface area contributed by atoms with E-state index in [2.05, 4.69) is 0 Å². The van der Waals surface area contributed by atoms with Gasteiger partial charge in [0.2, 0.25) is 0 Å². The van der Waals surface area contributed by atoms with Crippen LogP contribution >= 0.6 is 0 Å². The average molecular weight is 154 g/mol. The van der Waals surface area contributed by atoms with Gasteiger partial charge in [-0.2, -0.15) is 0 Å². The normalized spacial score (nSPS) is 18.7. The summed E-state index contributed by atoms with van der Waals surface area (Å²) in [5, 5.41) is 8.47. The van der Waals surface area contributed by atoms with Crippen molar-refractivity contribution in [2.45, 2.75) is 0 Å². The second-order valence-electron chi connectivity index (χ2n) is 1.63. The van der Waals surface area contributed by atoms with E-state index < -0.39 is 47.8 Å². The highest BCUT2D eigenvalue weighted by molar-refractivity contribution is 5.85. The molecule has 1 rings (SSSR count). The van der Waals surface area contributed by atoms with E-state index in [1.54, 1.807) is 0 Å².